The van der Waals surface area contributed by atoms with E-state index >= 15 is 0 Å². The van der Waals surface area contributed by atoms with E-state index in [9.17, 15) is 9.59 Å². The molecule has 2 aromatic heterocycles. The lowest BCUT2D eigenvalue weighted by atomic mass is 10.1. The molecule has 0 radical (unpaired) electrons. The predicted molar refractivity (Wildman–Crippen MR) is 114 cm³/mol. The van der Waals surface area contributed by atoms with Crippen molar-refractivity contribution in [2.75, 3.05) is 6.54 Å². The third kappa shape index (κ3) is 5.64. The summed E-state index contributed by atoms with van der Waals surface area (Å²) >= 11 is 0. The summed E-state index contributed by atoms with van der Waals surface area (Å²) in [4.78, 5) is 28.0. The molecule has 0 saturated carbocycles. The fourth-order valence-corrected chi connectivity index (χ4v) is 2.88. The first-order chi connectivity index (χ1) is 14.6. The number of rotatable bonds is 8. The van der Waals surface area contributed by atoms with E-state index in [1.54, 1.807) is 25.4 Å². The Morgan fingerprint density at radius 3 is 2.70 bits per heavy atom. The quantitative estimate of drug-likeness (QED) is 0.461. The molecule has 0 aliphatic heterocycles. The summed E-state index contributed by atoms with van der Waals surface area (Å²) in [5.41, 5.74) is 3.41. The van der Waals surface area contributed by atoms with Crippen molar-refractivity contribution in [2.24, 2.45) is 0 Å². The largest absolute Gasteiger partial charge is 0.449 e. The van der Waals surface area contributed by atoms with Gasteiger partial charge in [-0.05, 0) is 37.6 Å². The summed E-state index contributed by atoms with van der Waals surface area (Å²) < 4.78 is 6.98. The van der Waals surface area contributed by atoms with E-state index in [0.717, 1.165) is 16.7 Å². The van der Waals surface area contributed by atoms with Gasteiger partial charge in [-0.2, -0.15) is 5.10 Å². The highest BCUT2D eigenvalue weighted by atomic mass is 16.5. The first-order valence-electron chi connectivity index (χ1n) is 9.75. The molecule has 0 aliphatic rings. The number of carbonyl (C=O) groups is 2. The van der Waals surface area contributed by atoms with Gasteiger partial charge in [0, 0.05) is 42.3 Å². The lowest BCUT2D eigenvalue weighted by Gasteiger charge is -2.10. The first-order valence-corrected chi connectivity index (χ1v) is 9.75. The summed E-state index contributed by atoms with van der Waals surface area (Å²) in [7, 11) is 0. The fraction of sp³-hybridized carbons (Fsp3) is 0.217. The maximum Gasteiger partial charge on any atom is 0.331 e. The van der Waals surface area contributed by atoms with Gasteiger partial charge in [-0.15, -0.1) is 0 Å². The molecule has 0 unspecified atom stereocenters. The van der Waals surface area contributed by atoms with Crippen LogP contribution in [0.3, 0.4) is 0 Å². The molecule has 3 aromatic rings. The molecule has 1 aromatic carbocycles. The zero-order valence-electron chi connectivity index (χ0n) is 17.0. The molecule has 1 amide bonds. The van der Waals surface area contributed by atoms with E-state index in [-0.39, 0.29) is 5.91 Å². The van der Waals surface area contributed by atoms with Crippen molar-refractivity contribution in [1.82, 2.24) is 20.1 Å². The molecule has 0 spiro atoms. The molecule has 0 saturated heterocycles. The van der Waals surface area contributed by atoms with E-state index in [1.165, 1.54) is 13.0 Å². The van der Waals surface area contributed by atoms with E-state index in [4.69, 9.17) is 4.74 Å². The molecule has 1 atom stereocenters. The number of hydrogen-bond acceptors (Lipinski definition) is 5. The van der Waals surface area contributed by atoms with Crippen LogP contribution in [0.4, 0.5) is 0 Å². The first kappa shape index (κ1) is 21.0. The number of nitrogens with zero attached hydrogens (tertiary/aromatic N) is 3. The molecule has 2 heterocycles. The lowest BCUT2D eigenvalue weighted by molar-refractivity contribution is -0.150. The van der Waals surface area contributed by atoms with Gasteiger partial charge in [0.25, 0.3) is 5.91 Å². The molecule has 3 rings (SSSR count). The second kappa shape index (κ2) is 10.2. The average Bonchev–Trinajstić information content (AvgIpc) is 3.16. The standard InChI is InChI=1S/C23H24N4O3/c1-3-25-23(29)17(2)30-21(28)12-11-20-16-27(15-18-8-5-4-6-9-18)26-22(20)19-10-7-13-24-14-19/h4-14,16-17H,3,15H2,1-2H3,(H,25,29)/b12-11+/t17-/m0/s1. The van der Waals surface area contributed by atoms with Crippen LogP contribution in [0.5, 0.6) is 0 Å². The van der Waals surface area contributed by atoms with Crippen molar-refractivity contribution < 1.29 is 14.3 Å². The van der Waals surface area contributed by atoms with Crippen LogP contribution >= 0.6 is 0 Å². The van der Waals surface area contributed by atoms with Crippen LogP contribution in [0.25, 0.3) is 17.3 Å². The Morgan fingerprint density at radius 2 is 2.00 bits per heavy atom. The predicted octanol–water partition coefficient (Wildman–Crippen LogP) is 3.07. The fourth-order valence-electron chi connectivity index (χ4n) is 2.88. The molecule has 0 aliphatic carbocycles. The van der Waals surface area contributed by atoms with Crippen molar-refractivity contribution in [2.45, 2.75) is 26.5 Å². The van der Waals surface area contributed by atoms with Crippen LogP contribution < -0.4 is 5.32 Å². The molecule has 7 nitrogen and oxygen atoms in total. The number of nitrogens with one attached hydrogen (secondary N) is 1. The zero-order chi connectivity index (χ0) is 21.3. The van der Waals surface area contributed by atoms with Gasteiger partial charge in [-0.25, -0.2) is 4.79 Å². The Balaban J connectivity index is 1.80. The third-order valence-corrected chi connectivity index (χ3v) is 4.32. The Kier molecular flexibility index (Phi) is 7.10. The minimum atomic E-state index is -0.860. The average molecular weight is 404 g/mol. The van der Waals surface area contributed by atoms with Crippen LogP contribution in [0.1, 0.15) is 25.0 Å². The Hall–Kier alpha value is -3.74. The molecule has 7 heteroatoms. The molecular formula is C23H24N4O3. The monoisotopic (exact) mass is 404 g/mol. The lowest BCUT2D eigenvalue weighted by Crippen LogP contribution is -2.35. The van der Waals surface area contributed by atoms with Crippen molar-refractivity contribution in [1.29, 1.82) is 0 Å². The van der Waals surface area contributed by atoms with E-state index < -0.39 is 12.1 Å². The highest BCUT2D eigenvalue weighted by Crippen LogP contribution is 2.23. The maximum absolute atomic E-state index is 12.2. The number of aromatic nitrogens is 3. The second-order valence-electron chi connectivity index (χ2n) is 6.66. The van der Waals surface area contributed by atoms with Crippen LogP contribution in [-0.2, 0) is 20.9 Å². The van der Waals surface area contributed by atoms with Crippen LogP contribution in [0, 0.1) is 0 Å². The van der Waals surface area contributed by atoms with Gasteiger partial charge in [0.1, 0.15) is 5.69 Å². The summed E-state index contributed by atoms with van der Waals surface area (Å²) in [5, 5.41) is 7.30. The van der Waals surface area contributed by atoms with E-state index in [2.05, 4.69) is 15.4 Å². The number of hydrogen-bond donors (Lipinski definition) is 1. The van der Waals surface area contributed by atoms with Gasteiger partial charge in [-0.1, -0.05) is 30.3 Å². The van der Waals surface area contributed by atoms with E-state index in [0.29, 0.717) is 18.8 Å². The SMILES string of the molecule is CCNC(=O)[C@H](C)OC(=O)/C=C/c1cn(Cc2ccccc2)nc1-c1cccnc1. The van der Waals surface area contributed by atoms with Crippen LogP contribution in [0.15, 0.2) is 67.1 Å². The Bertz CT molecular complexity index is 1010. The van der Waals surface area contributed by atoms with Crippen molar-refractivity contribution >= 4 is 18.0 Å². The number of pyridine rings is 1. The molecular weight excluding hydrogens is 380 g/mol. The number of benzene rings is 1. The van der Waals surface area contributed by atoms with Gasteiger partial charge in [0.05, 0.1) is 6.54 Å². The summed E-state index contributed by atoms with van der Waals surface area (Å²) in [5.74, 6) is -0.923. The zero-order valence-corrected chi connectivity index (χ0v) is 17.0. The summed E-state index contributed by atoms with van der Waals surface area (Å²) in [6.45, 7) is 4.42. The normalized spacial score (nSPS) is 11.9. The van der Waals surface area contributed by atoms with Gasteiger partial charge in [0.2, 0.25) is 0 Å². The van der Waals surface area contributed by atoms with Crippen LogP contribution in [0.2, 0.25) is 0 Å². The van der Waals surface area contributed by atoms with Crippen molar-refractivity contribution in [3.63, 3.8) is 0 Å². The van der Waals surface area contributed by atoms with E-state index in [1.807, 2.05) is 53.3 Å². The minimum absolute atomic E-state index is 0.328. The highest BCUT2D eigenvalue weighted by Gasteiger charge is 2.16. The summed E-state index contributed by atoms with van der Waals surface area (Å²) in [6, 6.07) is 13.7. The molecule has 1 N–H and O–H groups in total. The van der Waals surface area contributed by atoms with Crippen molar-refractivity contribution in [3.05, 3.63) is 78.3 Å². The number of amides is 1. The molecule has 30 heavy (non-hydrogen) atoms. The number of esters is 1. The molecule has 154 valence electrons. The minimum Gasteiger partial charge on any atom is -0.449 e. The third-order valence-electron chi connectivity index (χ3n) is 4.32. The topological polar surface area (TPSA) is 86.1 Å². The Labute approximate surface area is 175 Å². The van der Waals surface area contributed by atoms with Crippen molar-refractivity contribution in [3.8, 4) is 11.3 Å². The smallest absolute Gasteiger partial charge is 0.331 e. The summed E-state index contributed by atoms with van der Waals surface area (Å²) in [6.07, 6.45) is 7.37. The van der Waals surface area contributed by atoms with Gasteiger partial charge < -0.3 is 10.1 Å². The molecule has 0 bridgehead atoms. The van der Waals surface area contributed by atoms with Gasteiger partial charge in [-0.3, -0.25) is 14.5 Å². The van der Waals surface area contributed by atoms with Crippen LogP contribution in [-0.4, -0.2) is 39.3 Å². The number of ether oxygens (including phenoxy) is 1. The highest BCUT2D eigenvalue weighted by molar-refractivity contribution is 5.91. The number of likely N-dealkylation sites (N-methyl/N-ethyl adjacent to an activating group) is 1. The number of carbonyl (C=O) groups excluding carboxylic acids is 2. The van der Waals surface area contributed by atoms with Gasteiger partial charge in [0.15, 0.2) is 6.10 Å². The van der Waals surface area contributed by atoms with Gasteiger partial charge >= 0.3 is 5.97 Å². The second-order valence-corrected chi connectivity index (χ2v) is 6.66. The molecule has 0 fully saturated rings. The maximum atomic E-state index is 12.2. The Morgan fingerprint density at radius 1 is 1.20 bits per heavy atom.